The van der Waals surface area contributed by atoms with E-state index in [-0.39, 0.29) is 16.3 Å². The monoisotopic (exact) mass is 215 g/mol. The van der Waals surface area contributed by atoms with E-state index in [0.717, 1.165) is 5.56 Å². The van der Waals surface area contributed by atoms with Crippen LogP contribution in [0.4, 0.5) is 5.69 Å². The topological polar surface area (TPSA) is 63.3 Å². The third kappa shape index (κ3) is 2.92. The molecule has 0 heterocycles. The van der Waals surface area contributed by atoms with Crippen molar-refractivity contribution in [3.8, 4) is 0 Å². The Labute approximate surface area is 88.5 Å². The Balaban J connectivity index is 0.000000791. The number of nitrogen functional groups attached to an aromatic ring is 1. The van der Waals surface area contributed by atoms with Crippen molar-refractivity contribution in [3.63, 3.8) is 0 Å². The SMILES string of the molecule is CC.Cc1cc(N)c(C(=O)O)c(Cl)c1. The molecule has 0 radical (unpaired) electrons. The second kappa shape index (κ2) is 5.50. The zero-order valence-electron chi connectivity index (χ0n) is 8.47. The number of rotatable bonds is 1. The minimum Gasteiger partial charge on any atom is -0.478 e. The van der Waals surface area contributed by atoms with Crippen LogP contribution < -0.4 is 5.73 Å². The van der Waals surface area contributed by atoms with Crippen molar-refractivity contribution in [1.29, 1.82) is 0 Å². The summed E-state index contributed by atoms with van der Waals surface area (Å²) in [6, 6.07) is 3.15. The summed E-state index contributed by atoms with van der Waals surface area (Å²) in [5.41, 5.74) is 6.48. The third-order valence-corrected chi connectivity index (χ3v) is 1.78. The fraction of sp³-hybridized carbons (Fsp3) is 0.300. The van der Waals surface area contributed by atoms with Crippen molar-refractivity contribution < 1.29 is 9.90 Å². The summed E-state index contributed by atoms with van der Waals surface area (Å²) in [7, 11) is 0. The molecule has 4 heteroatoms. The molecular weight excluding hydrogens is 202 g/mol. The molecule has 1 aromatic rings. The third-order valence-electron chi connectivity index (χ3n) is 1.48. The lowest BCUT2D eigenvalue weighted by atomic mass is 10.1. The smallest absolute Gasteiger partial charge is 0.339 e. The standard InChI is InChI=1S/C8H8ClNO2.C2H6/c1-4-2-5(9)7(8(11)12)6(10)3-4;1-2/h2-3H,10H2,1H3,(H,11,12);1-2H3. The second-order valence-electron chi connectivity index (χ2n) is 2.52. The zero-order chi connectivity index (χ0) is 11.3. The van der Waals surface area contributed by atoms with Gasteiger partial charge in [-0.05, 0) is 24.6 Å². The van der Waals surface area contributed by atoms with Crippen LogP contribution >= 0.6 is 11.6 Å². The van der Waals surface area contributed by atoms with E-state index in [0.29, 0.717) is 0 Å². The normalized spacial score (nSPS) is 8.86. The van der Waals surface area contributed by atoms with Crippen LogP contribution in [0.25, 0.3) is 0 Å². The predicted molar refractivity (Wildman–Crippen MR) is 58.9 cm³/mol. The first-order valence-electron chi connectivity index (χ1n) is 4.31. The van der Waals surface area contributed by atoms with Gasteiger partial charge in [0.1, 0.15) is 5.56 Å². The van der Waals surface area contributed by atoms with Gasteiger partial charge in [0.15, 0.2) is 0 Å². The van der Waals surface area contributed by atoms with Crippen LogP contribution in [-0.2, 0) is 0 Å². The second-order valence-corrected chi connectivity index (χ2v) is 2.92. The van der Waals surface area contributed by atoms with Crippen molar-refractivity contribution in [3.05, 3.63) is 28.3 Å². The fourth-order valence-corrected chi connectivity index (χ4v) is 1.36. The van der Waals surface area contributed by atoms with E-state index in [9.17, 15) is 4.79 Å². The van der Waals surface area contributed by atoms with E-state index in [4.69, 9.17) is 22.4 Å². The fourth-order valence-electron chi connectivity index (χ4n) is 0.995. The summed E-state index contributed by atoms with van der Waals surface area (Å²) in [6.07, 6.45) is 0. The first kappa shape index (κ1) is 12.8. The Morgan fingerprint density at radius 2 is 1.93 bits per heavy atom. The van der Waals surface area contributed by atoms with Gasteiger partial charge in [0.25, 0.3) is 0 Å². The number of anilines is 1. The maximum Gasteiger partial charge on any atom is 0.339 e. The largest absolute Gasteiger partial charge is 0.478 e. The number of carboxylic acids is 1. The van der Waals surface area contributed by atoms with Crippen molar-refractivity contribution in [2.24, 2.45) is 0 Å². The van der Waals surface area contributed by atoms with Gasteiger partial charge >= 0.3 is 5.97 Å². The molecule has 0 aliphatic rings. The van der Waals surface area contributed by atoms with Gasteiger partial charge in [-0.3, -0.25) is 0 Å². The zero-order valence-corrected chi connectivity index (χ0v) is 9.22. The van der Waals surface area contributed by atoms with E-state index >= 15 is 0 Å². The highest BCUT2D eigenvalue weighted by atomic mass is 35.5. The molecular formula is C10H14ClNO2. The Kier molecular flexibility index (Phi) is 5.02. The number of aryl methyl sites for hydroxylation is 1. The van der Waals surface area contributed by atoms with Gasteiger partial charge in [-0.15, -0.1) is 0 Å². The molecule has 0 amide bonds. The summed E-state index contributed by atoms with van der Waals surface area (Å²) in [6.45, 7) is 5.80. The Bertz CT molecular complexity index is 314. The number of carbonyl (C=O) groups is 1. The van der Waals surface area contributed by atoms with E-state index in [1.165, 1.54) is 0 Å². The Morgan fingerprint density at radius 3 is 2.29 bits per heavy atom. The summed E-state index contributed by atoms with van der Waals surface area (Å²) < 4.78 is 0. The average molecular weight is 216 g/mol. The average Bonchev–Trinajstić information content (AvgIpc) is 2.04. The Morgan fingerprint density at radius 1 is 1.43 bits per heavy atom. The molecule has 1 rings (SSSR count). The molecule has 14 heavy (non-hydrogen) atoms. The molecule has 0 aliphatic heterocycles. The van der Waals surface area contributed by atoms with Crippen molar-refractivity contribution in [1.82, 2.24) is 0 Å². The maximum absolute atomic E-state index is 10.6. The lowest BCUT2D eigenvalue weighted by molar-refractivity contribution is 0.0698. The molecule has 0 saturated carbocycles. The summed E-state index contributed by atoms with van der Waals surface area (Å²) >= 11 is 5.67. The van der Waals surface area contributed by atoms with E-state index < -0.39 is 5.97 Å². The van der Waals surface area contributed by atoms with Gasteiger partial charge in [-0.25, -0.2) is 4.79 Å². The lowest BCUT2D eigenvalue weighted by Gasteiger charge is -2.03. The molecule has 0 spiro atoms. The molecule has 0 fully saturated rings. The number of halogens is 1. The number of aromatic carboxylic acids is 1. The summed E-state index contributed by atoms with van der Waals surface area (Å²) in [5, 5.41) is 8.85. The van der Waals surface area contributed by atoms with E-state index in [1.54, 1.807) is 19.1 Å². The lowest BCUT2D eigenvalue weighted by Crippen LogP contribution is -2.03. The molecule has 0 bridgehead atoms. The van der Waals surface area contributed by atoms with Crippen LogP contribution in [0.1, 0.15) is 29.8 Å². The minimum atomic E-state index is -1.10. The first-order chi connectivity index (χ1) is 6.52. The predicted octanol–water partition coefficient (Wildman–Crippen LogP) is 2.96. The number of hydrogen-bond donors (Lipinski definition) is 2. The van der Waals surface area contributed by atoms with Crippen LogP contribution in [0.15, 0.2) is 12.1 Å². The van der Waals surface area contributed by atoms with Crippen molar-refractivity contribution in [2.45, 2.75) is 20.8 Å². The highest BCUT2D eigenvalue weighted by Crippen LogP contribution is 2.23. The van der Waals surface area contributed by atoms with Gasteiger partial charge in [0.05, 0.1) is 5.02 Å². The van der Waals surface area contributed by atoms with Gasteiger partial charge in [0.2, 0.25) is 0 Å². The number of carboxylic acid groups (broad SMARTS) is 1. The van der Waals surface area contributed by atoms with Crippen molar-refractivity contribution >= 4 is 23.3 Å². The van der Waals surface area contributed by atoms with Gasteiger partial charge in [-0.2, -0.15) is 0 Å². The Hall–Kier alpha value is -1.22. The molecule has 0 aliphatic carbocycles. The van der Waals surface area contributed by atoms with Gasteiger partial charge < -0.3 is 10.8 Å². The van der Waals surface area contributed by atoms with Crippen molar-refractivity contribution in [2.75, 3.05) is 5.73 Å². The molecule has 3 N–H and O–H groups in total. The summed E-state index contributed by atoms with van der Waals surface area (Å²) in [4.78, 5) is 10.6. The maximum atomic E-state index is 10.6. The molecule has 0 unspecified atom stereocenters. The van der Waals surface area contributed by atoms with E-state index in [1.807, 2.05) is 13.8 Å². The quantitative estimate of drug-likeness (QED) is 0.708. The summed E-state index contributed by atoms with van der Waals surface area (Å²) in [5.74, 6) is -1.10. The van der Waals surface area contributed by atoms with Gasteiger partial charge in [-0.1, -0.05) is 25.4 Å². The molecule has 0 aromatic heterocycles. The molecule has 0 saturated heterocycles. The van der Waals surface area contributed by atoms with Crippen LogP contribution in [0.5, 0.6) is 0 Å². The molecule has 0 atom stereocenters. The number of nitrogens with two attached hydrogens (primary N) is 1. The first-order valence-corrected chi connectivity index (χ1v) is 4.69. The van der Waals surface area contributed by atoms with E-state index in [2.05, 4.69) is 0 Å². The van der Waals surface area contributed by atoms with Crippen LogP contribution in [0.3, 0.4) is 0 Å². The molecule has 3 nitrogen and oxygen atoms in total. The minimum absolute atomic E-state index is 0.0257. The van der Waals surface area contributed by atoms with Crippen LogP contribution in [-0.4, -0.2) is 11.1 Å². The highest BCUT2D eigenvalue weighted by Gasteiger charge is 2.12. The highest BCUT2D eigenvalue weighted by molar-refractivity contribution is 6.34. The number of hydrogen-bond acceptors (Lipinski definition) is 2. The van der Waals surface area contributed by atoms with Crippen LogP contribution in [0.2, 0.25) is 5.02 Å². The van der Waals surface area contributed by atoms with Crippen LogP contribution in [0, 0.1) is 6.92 Å². The molecule has 1 aromatic carbocycles. The van der Waals surface area contributed by atoms with Gasteiger partial charge in [0, 0.05) is 5.69 Å². The number of benzene rings is 1. The molecule has 78 valence electrons.